The van der Waals surface area contributed by atoms with Crippen molar-refractivity contribution >= 4 is 5.97 Å². The lowest BCUT2D eigenvalue weighted by atomic mass is 10.2. The van der Waals surface area contributed by atoms with Crippen molar-refractivity contribution in [3.63, 3.8) is 0 Å². The molecule has 92 valence electrons. The molecule has 1 aromatic carbocycles. The van der Waals surface area contributed by atoms with Crippen molar-refractivity contribution < 1.29 is 19.0 Å². The van der Waals surface area contributed by atoms with Gasteiger partial charge in [0.15, 0.2) is 0 Å². The average Bonchev–Trinajstić information content (AvgIpc) is 2.28. The summed E-state index contributed by atoms with van der Waals surface area (Å²) in [7, 11) is 0. The zero-order valence-electron chi connectivity index (χ0n) is 9.55. The molecule has 0 radical (unpaired) electrons. The van der Waals surface area contributed by atoms with Crippen LogP contribution < -0.4 is 4.74 Å². The van der Waals surface area contributed by atoms with Crippen LogP contribution in [-0.4, -0.2) is 16.1 Å². The number of carbonyl (C=O) groups is 1. The molecule has 1 N–H and O–H groups in total. The fourth-order valence-electron chi connectivity index (χ4n) is 1.47. The Morgan fingerprint density at radius 2 is 2.11 bits per heavy atom. The van der Waals surface area contributed by atoms with Crippen LogP contribution in [0.5, 0.6) is 11.5 Å². The number of carboxylic acid groups (broad SMARTS) is 1. The summed E-state index contributed by atoms with van der Waals surface area (Å²) in [6.45, 7) is 1.77. The van der Waals surface area contributed by atoms with Crippen LogP contribution in [0.2, 0.25) is 0 Å². The second kappa shape index (κ2) is 4.83. The number of aryl methyl sites for hydroxylation is 1. The third-order valence-corrected chi connectivity index (χ3v) is 2.27. The van der Waals surface area contributed by atoms with Crippen LogP contribution in [0.1, 0.15) is 16.1 Å². The molecule has 2 rings (SSSR count). The Morgan fingerprint density at radius 1 is 1.33 bits per heavy atom. The summed E-state index contributed by atoms with van der Waals surface area (Å²) >= 11 is 0. The smallest absolute Gasteiger partial charge is 0.339 e. The van der Waals surface area contributed by atoms with Gasteiger partial charge in [0.1, 0.15) is 22.9 Å². The largest absolute Gasteiger partial charge is 0.478 e. The van der Waals surface area contributed by atoms with Crippen LogP contribution in [0.15, 0.2) is 36.5 Å². The maximum absolute atomic E-state index is 13.1. The van der Waals surface area contributed by atoms with Crippen LogP contribution in [0, 0.1) is 12.7 Å². The van der Waals surface area contributed by atoms with Gasteiger partial charge in [-0.05, 0) is 25.1 Å². The number of ether oxygens (including phenoxy) is 1. The number of nitrogens with zero attached hydrogens (tertiary/aromatic N) is 1. The monoisotopic (exact) mass is 247 g/mol. The van der Waals surface area contributed by atoms with E-state index in [9.17, 15) is 9.18 Å². The van der Waals surface area contributed by atoms with Gasteiger partial charge in [-0.15, -0.1) is 0 Å². The predicted molar refractivity (Wildman–Crippen MR) is 62.4 cm³/mol. The van der Waals surface area contributed by atoms with E-state index in [-0.39, 0.29) is 11.3 Å². The fourth-order valence-corrected chi connectivity index (χ4v) is 1.47. The summed E-state index contributed by atoms with van der Waals surface area (Å²) in [6.07, 6.45) is 1.53. The van der Waals surface area contributed by atoms with Crippen molar-refractivity contribution in [2.45, 2.75) is 6.92 Å². The first kappa shape index (κ1) is 12.0. The first-order valence-electron chi connectivity index (χ1n) is 5.19. The molecule has 2 aromatic rings. The molecule has 1 aromatic heterocycles. The molecule has 0 atom stereocenters. The summed E-state index contributed by atoms with van der Waals surface area (Å²) in [6, 6.07) is 6.49. The minimum atomic E-state index is -1.17. The van der Waals surface area contributed by atoms with Crippen molar-refractivity contribution in [1.29, 1.82) is 0 Å². The standard InChI is InChI=1S/C13H10FNO3/c1-8-6-10(4-5-15-8)18-12-7-9(14)2-3-11(12)13(16)17/h2-7H,1H3,(H,16,17). The third-order valence-electron chi connectivity index (χ3n) is 2.27. The number of hydrogen-bond donors (Lipinski definition) is 1. The van der Waals surface area contributed by atoms with Crippen LogP contribution in [0.4, 0.5) is 4.39 Å². The molecular formula is C13H10FNO3. The summed E-state index contributed by atoms with van der Waals surface area (Å²) in [5.74, 6) is -1.35. The number of aromatic carboxylic acids is 1. The first-order valence-corrected chi connectivity index (χ1v) is 5.19. The zero-order valence-corrected chi connectivity index (χ0v) is 9.55. The molecule has 0 bridgehead atoms. The Balaban J connectivity index is 2.39. The Bertz CT molecular complexity index is 599. The topological polar surface area (TPSA) is 59.4 Å². The number of hydrogen-bond acceptors (Lipinski definition) is 3. The average molecular weight is 247 g/mol. The van der Waals surface area contributed by atoms with E-state index < -0.39 is 11.8 Å². The minimum absolute atomic E-state index is 0.0342. The molecule has 5 heteroatoms. The second-order valence-corrected chi connectivity index (χ2v) is 3.68. The van der Waals surface area contributed by atoms with Crippen LogP contribution in [0.25, 0.3) is 0 Å². The minimum Gasteiger partial charge on any atom is -0.478 e. The van der Waals surface area contributed by atoms with Gasteiger partial charge in [-0.25, -0.2) is 9.18 Å². The number of benzene rings is 1. The molecule has 0 fully saturated rings. The van der Waals surface area contributed by atoms with E-state index in [2.05, 4.69) is 4.98 Å². The molecule has 0 saturated heterocycles. The maximum Gasteiger partial charge on any atom is 0.339 e. The van der Waals surface area contributed by atoms with Gasteiger partial charge in [0.05, 0.1) is 0 Å². The quantitative estimate of drug-likeness (QED) is 0.905. The van der Waals surface area contributed by atoms with E-state index >= 15 is 0 Å². The van der Waals surface area contributed by atoms with Gasteiger partial charge in [0, 0.05) is 24.0 Å². The van der Waals surface area contributed by atoms with Gasteiger partial charge >= 0.3 is 5.97 Å². The fraction of sp³-hybridized carbons (Fsp3) is 0.0769. The summed E-state index contributed by atoms with van der Waals surface area (Å²) in [5.41, 5.74) is 0.631. The number of pyridine rings is 1. The van der Waals surface area contributed by atoms with E-state index in [4.69, 9.17) is 9.84 Å². The molecular weight excluding hydrogens is 237 g/mol. The Morgan fingerprint density at radius 3 is 2.78 bits per heavy atom. The number of halogens is 1. The van der Waals surface area contributed by atoms with E-state index in [1.165, 1.54) is 12.3 Å². The Labute approximate surface area is 103 Å². The summed E-state index contributed by atoms with van der Waals surface area (Å²) in [4.78, 5) is 15.0. The van der Waals surface area contributed by atoms with E-state index in [1.807, 2.05) is 0 Å². The van der Waals surface area contributed by atoms with Crippen molar-refractivity contribution in [3.05, 3.63) is 53.6 Å². The SMILES string of the molecule is Cc1cc(Oc2cc(F)ccc2C(=O)O)ccn1. The molecule has 18 heavy (non-hydrogen) atoms. The van der Waals surface area contributed by atoms with Crippen molar-refractivity contribution in [2.24, 2.45) is 0 Å². The van der Waals surface area contributed by atoms with Crippen LogP contribution in [0.3, 0.4) is 0 Å². The molecule has 0 amide bonds. The second-order valence-electron chi connectivity index (χ2n) is 3.68. The highest BCUT2D eigenvalue weighted by Gasteiger charge is 2.13. The molecule has 0 aliphatic carbocycles. The van der Waals surface area contributed by atoms with Gasteiger partial charge in [-0.1, -0.05) is 0 Å². The van der Waals surface area contributed by atoms with Gasteiger partial charge in [0.2, 0.25) is 0 Å². The highest BCUT2D eigenvalue weighted by Crippen LogP contribution is 2.26. The molecule has 1 heterocycles. The lowest BCUT2D eigenvalue weighted by molar-refractivity contribution is 0.0694. The first-order chi connectivity index (χ1) is 8.56. The summed E-state index contributed by atoms with van der Waals surface area (Å²) < 4.78 is 18.5. The van der Waals surface area contributed by atoms with E-state index in [1.54, 1.807) is 19.1 Å². The third kappa shape index (κ3) is 2.63. The van der Waals surface area contributed by atoms with Crippen molar-refractivity contribution in [2.75, 3.05) is 0 Å². The number of rotatable bonds is 3. The van der Waals surface area contributed by atoms with Gasteiger partial charge in [-0.2, -0.15) is 0 Å². The Kier molecular flexibility index (Phi) is 3.23. The highest BCUT2D eigenvalue weighted by molar-refractivity contribution is 5.90. The van der Waals surface area contributed by atoms with Crippen molar-refractivity contribution in [1.82, 2.24) is 4.98 Å². The van der Waals surface area contributed by atoms with Gasteiger partial charge in [-0.3, -0.25) is 4.98 Å². The Hall–Kier alpha value is -2.43. The van der Waals surface area contributed by atoms with Crippen LogP contribution >= 0.6 is 0 Å². The normalized spacial score (nSPS) is 10.1. The number of carboxylic acids is 1. The van der Waals surface area contributed by atoms with Crippen molar-refractivity contribution in [3.8, 4) is 11.5 Å². The lowest BCUT2D eigenvalue weighted by Crippen LogP contribution is -2.00. The zero-order chi connectivity index (χ0) is 13.1. The summed E-state index contributed by atoms with van der Waals surface area (Å²) in [5, 5.41) is 8.97. The molecule has 0 saturated carbocycles. The van der Waals surface area contributed by atoms with Crippen LogP contribution in [-0.2, 0) is 0 Å². The predicted octanol–water partition coefficient (Wildman–Crippen LogP) is 3.02. The molecule has 4 nitrogen and oxygen atoms in total. The van der Waals surface area contributed by atoms with Gasteiger partial charge in [0.25, 0.3) is 0 Å². The maximum atomic E-state index is 13.1. The lowest BCUT2D eigenvalue weighted by Gasteiger charge is -2.09. The highest BCUT2D eigenvalue weighted by atomic mass is 19.1. The van der Waals surface area contributed by atoms with E-state index in [0.717, 1.165) is 17.8 Å². The molecule has 0 aliphatic rings. The van der Waals surface area contributed by atoms with Gasteiger partial charge < -0.3 is 9.84 Å². The molecule has 0 aliphatic heterocycles. The number of aromatic nitrogens is 1. The molecule has 0 spiro atoms. The molecule has 0 unspecified atom stereocenters. The van der Waals surface area contributed by atoms with E-state index in [0.29, 0.717) is 5.75 Å².